The normalized spacial score (nSPS) is 13.2. The van der Waals surface area contributed by atoms with Crippen molar-refractivity contribution < 1.29 is 14.3 Å². The summed E-state index contributed by atoms with van der Waals surface area (Å²) in [5.41, 5.74) is 0.724. The molecule has 0 bridgehead atoms. The molecule has 1 aromatic heterocycles. The maximum Gasteiger partial charge on any atom is 0.328 e. The Morgan fingerprint density at radius 1 is 1.24 bits per heavy atom. The van der Waals surface area contributed by atoms with Crippen LogP contribution in [0.25, 0.3) is 0 Å². The summed E-state index contributed by atoms with van der Waals surface area (Å²) in [5.74, 6) is -0.633. The van der Waals surface area contributed by atoms with Crippen molar-refractivity contribution in [1.29, 1.82) is 0 Å². The van der Waals surface area contributed by atoms with Gasteiger partial charge in [-0.3, -0.25) is 23.9 Å². The summed E-state index contributed by atoms with van der Waals surface area (Å²) in [6, 6.07) is 0. The van der Waals surface area contributed by atoms with E-state index in [1.807, 2.05) is 0 Å². The van der Waals surface area contributed by atoms with Crippen molar-refractivity contribution in [3.63, 3.8) is 0 Å². The number of carbonyl (C=O) groups excluding carboxylic acids is 2. The fourth-order valence-corrected chi connectivity index (χ4v) is 2.97. The van der Waals surface area contributed by atoms with Crippen LogP contribution in [0, 0.1) is 0 Å². The molecule has 0 atom stereocenters. The van der Waals surface area contributed by atoms with Gasteiger partial charge in [-0.15, -0.1) is 11.6 Å². The standard InChI is InChI=1S/C16H22ClN3O5/c17-7-9-25-14(22)10-18-13(21)6-3-8-20-12-5-2-1-4-11(12)15(23)19-16(20)24/h1-10H2,(H,18,21)(H,19,23,24). The minimum atomic E-state index is -0.542. The Bertz CT molecular complexity index is 740. The van der Waals surface area contributed by atoms with Crippen molar-refractivity contribution in [1.82, 2.24) is 14.9 Å². The van der Waals surface area contributed by atoms with Crippen LogP contribution in [-0.2, 0) is 33.7 Å². The molecule has 0 spiro atoms. The lowest BCUT2D eigenvalue weighted by Crippen LogP contribution is -2.37. The maximum atomic E-state index is 12.0. The third-order valence-electron chi connectivity index (χ3n) is 4.06. The number of alkyl halides is 1. The molecule has 1 aliphatic rings. The van der Waals surface area contributed by atoms with Crippen molar-refractivity contribution >= 4 is 23.5 Å². The van der Waals surface area contributed by atoms with Gasteiger partial charge >= 0.3 is 11.7 Å². The lowest BCUT2D eigenvalue weighted by Gasteiger charge is -2.19. The van der Waals surface area contributed by atoms with Crippen LogP contribution in [0.4, 0.5) is 0 Å². The highest BCUT2D eigenvalue weighted by atomic mass is 35.5. The van der Waals surface area contributed by atoms with Crippen molar-refractivity contribution in [3.8, 4) is 0 Å². The Morgan fingerprint density at radius 2 is 2.00 bits per heavy atom. The minimum absolute atomic E-state index is 0.108. The fraction of sp³-hybridized carbons (Fsp3) is 0.625. The average molecular weight is 372 g/mol. The smallest absolute Gasteiger partial charge is 0.328 e. The molecule has 1 aromatic rings. The first-order chi connectivity index (χ1) is 12.0. The summed E-state index contributed by atoms with van der Waals surface area (Å²) in [6.45, 7) is 0.252. The Morgan fingerprint density at radius 3 is 2.76 bits per heavy atom. The Hall–Kier alpha value is -2.09. The molecule has 0 saturated carbocycles. The zero-order valence-corrected chi connectivity index (χ0v) is 14.7. The largest absolute Gasteiger partial charge is 0.463 e. The molecule has 0 fully saturated rings. The number of ether oxygens (including phenoxy) is 1. The van der Waals surface area contributed by atoms with Gasteiger partial charge in [0.05, 0.1) is 5.88 Å². The van der Waals surface area contributed by atoms with Crippen LogP contribution in [0.3, 0.4) is 0 Å². The van der Waals surface area contributed by atoms with Gasteiger partial charge in [-0.05, 0) is 32.1 Å². The van der Waals surface area contributed by atoms with E-state index >= 15 is 0 Å². The summed E-state index contributed by atoms with van der Waals surface area (Å²) in [7, 11) is 0. The number of carbonyl (C=O) groups is 2. The highest BCUT2D eigenvalue weighted by Gasteiger charge is 2.18. The van der Waals surface area contributed by atoms with Crippen molar-refractivity contribution in [2.24, 2.45) is 0 Å². The first-order valence-corrected chi connectivity index (χ1v) is 8.89. The van der Waals surface area contributed by atoms with E-state index in [9.17, 15) is 19.2 Å². The Kier molecular flexibility index (Phi) is 7.24. The van der Waals surface area contributed by atoms with Gasteiger partial charge in [0.25, 0.3) is 5.56 Å². The average Bonchev–Trinajstić information content (AvgIpc) is 2.61. The molecule has 8 nitrogen and oxygen atoms in total. The monoisotopic (exact) mass is 371 g/mol. The van der Waals surface area contributed by atoms with Crippen molar-refractivity contribution in [2.75, 3.05) is 19.0 Å². The van der Waals surface area contributed by atoms with Crippen LogP contribution in [-0.4, -0.2) is 40.5 Å². The molecule has 2 rings (SSSR count). The van der Waals surface area contributed by atoms with E-state index in [1.54, 1.807) is 4.57 Å². The van der Waals surface area contributed by atoms with Crippen LogP contribution < -0.4 is 16.6 Å². The van der Waals surface area contributed by atoms with Crippen LogP contribution in [0.5, 0.6) is 0 Å². The highest BCUT2D eigenvalue weighted by Crippen LogP contribution is 2.16. The quantitative estimate of drug-likeness (QED) is 0.497. The number of aromatic amines is 1. The number of nitrogens with zero attached hydrogens (tertiary/aromatic N) is 1. The molecule has 2 N–H and O–H groups in total. The molecule has 138 valence electrons. The van der Waals surface area contributed by atoms with Gasteiger partial charge in [-0.2, -0.15) is 0 Å². The molecule has 0 radical (unpaired) electrons. The predicted molar refractivity (Wildman–Crippen MR) is 91.9 cm³/mol. The second-order valence-electron chi connectivity index (χ2n) is 5.83. The molecule has 0 unspecified atom stereocenters. The summed E-state index contributed by atoms with van der Waals surface area (Å²) in [4.78, 5) is 49.3. The molecule has 0 aromatic carbocycles. The third kappa shape index (κ3) is 5.45. The topological polar surface area (TPSA) is 110 Å². The van der Waals surface area contributed by atoms with Gasteiger partial charge in [0.1, 0.15) is 13.2 Å². The Balaban J connectivity index is 1.86. The van der Waals surface area contributed by atoms with E-state index in [4.69, 9.17) is 16.3 Å². The zero-order valence-electron chi connectivity index (χ0n) is 13.9. The summed E-state index contributed by atoms with van der Waals surface area (Å²) in [6.07, 6.45) is 3.87. The molecule has 1 aliphatic carbocycles. The van der Waals surface area contributed by atoms with E-state index in [0.717, 1.165) is 18.5 Å². The van der Waals surface area contributed by atoms with E-state index < -0.39 is 11.7 Å². The molecular weight excluding hydrogens is 350 g/mol. The number of hydrogen-bond acceptors (Lipinski definition) is 5. The van der Waals surface area contributed by atoms with E-state index in [-0.39, 0.29) is 36.9 Å². The van der Waals surface area contributed by atoms with Gasteiger partial charge in [0.2, 0.25) is 5.91 Å². The van der Waals surface area contributed by atoms with Crippen molar-refractivity contribution in [3.05, 3.63) is 32.1 Å². The molecule has 1 amide bonds. The van der Waals surface area contributed by atoms with Crippen LogP contribution in [0.1, 0.15) is 36.9 Å². The van der Waals surface area contributed by atoms with Crippen LogP contribution >= 0.6 is 11.6 Å². The lowest BCUT2D eigenvalue weighted by molar-refractivity contribution is -0.143. The number of aromatic nitrogens is 2. The first kappa shape index (κ1) is 19.2. The van der Waals surface area contributed by atoms with Gasteiger partial charge < -0.3 is 10.1 Å². The number of rotatable bonds is 8. The van der Waals surface area contributed by atoms with E-state index in [1.165, 1.54) is 0 Å². The molecule has 9 heteroatoms. The van der Waals surface area contributed by atoms with Gasteiger partial charge in [-0.25, -0.2) is 4.79 Å². The summed E-state index contributed by atoms with van der Waals surface area (Å²) < 4.78 is 6.29. The molecule has 0 aliphatic heterocycles. The second-order valence-corrected chi connectivity index (χ2v) is 6.21. The maximum absolute atomic E-state index is 12.0. The van der Waals surface area contributed by atoms with Gasteiger partial charge in [0.15, 0.2) is 0 Å². The Labute approximate surface area is 149 Å². The predicted octanol–water partition coefficient (Wildman–Crippen LogP) is 0.0938. The number of H-pyrrole nitrogens is 1. The summed E-state index contributed by atoms with van der Waals surface area (Å²) >= 11 is 5.39. The van der Waals surface area contributed by atoms with E-state index in [0.29, 0.717) is 31.4 Å². The zero-order chi connectivity index (χ0) is 18.2. The SMILES string of the molecule is O=C(CCCn1c2c(c(=O)[nH]c1=O)CCCC2)NCC(=O)OCCCl. The van der Waals surface area contributed by atoms with E-state index in [2.05, 4.69) is 10.3 Å². The molecule has 0 saturated heterocycles. The lowest BCUT2D eigenvalue weighted by atomic mass is 9.97. The highest BCUT2D eigenvalue weighted by molar-refractivity contribution is 6.18. The number of halogens is 1. The number of esters is 1. The molecule has 1 heterocycles. The molecule has 25 heavy (non-hydrogen) atoms. The number of nitrogens with one attached hydrogen (secondary N) is 2. The first-order valence-electron chi connectivity index (χ1n) is 8.36. The van der Waals surface area contributed by atoms with Gasteiger partial charge in [-0.1, -0.05) is 0 Å². The number of hydrogen-bond donors (Lipinski definition) is 2. The van der Waals surface area contributed by atoms with Gasteiger partial charge in [0, 0.05) is 24.2 Å². The second kappa shape index (κ2) is 9.41. The number of fused-ring (bicyclic) bond motifs is 1. The number of amides is 1. The van der Waals surface area contributed by atoms with Crippen LogP contribution in [0.2, 0.25) is 0 Å². The summed E-state index contributed by atoms with van der Waals surface area (Å²) in [5, 5.41) is 2.46. The van der Waals surface area contributed by atoms with Crippen LogP contribution in [0.15, 0.2) is 9.59 Å². The third-order valence-corrected chi connectivity index (χ3v) is 4.21. The van der Waals surface area contributed by atoms with Crippen molar-refractivity contribution in [2.45, 2.75) is 45.1 Å². The minimum Gasteiger partial charge on any atom is -0.463 e. The fourth-order valence-electron chi connectivity index (χ4n) is 2.89. The molecular formula is C16H22ClN3O5.